The topological polar surface area (TPSA) is 32.3 Å². The van der Waals surface area contributed by atoms with Gasteiger partial charge in [0.05, 0.1) is 0 Å². The summed E-state index contributed by atoms with van der Waals surface area (Å²) in [5.74, 6) is 0.442. The van der Waals surface area contributed by atoms with Crippen molar-refractivity contribution in [3.8, 4) is 0 Å². The molecule has 1 heterocycles. The lowest BCUT2D eigenvalue weighted by Gasteiger charge is -2.25. The summed E-state index contributed by atoms with van der Waals surface area (Å²) >= 11 is 0. The minimum atomic E-state index is 0.442. The van der Waals surface area contributed by atoms with Crippen molar-refractivity contribution in [3.63, 3.8) is 0 Å². The van der Waals surface area contributed by atoms with Gasteiger partial charge in [-0.1, -0.05) is 27.2 Å². The Hall–Kier alpha value is -0.410. The van der Waals surface area contributed by atoms with Gasteiger partial charge in [0.2, 0.25) is 0 Å². The molecule has 1 saturated heterocycles. The van der Waals surface area contributed by atoms with E-state index in [1.165, 1.54) is 45.3 Å². The Kier molecular flexibility index (Phi) is 12.7. The van der Waals surface area contributed by atoms with Crippen molar-refractivity contribution in [2.75, 3.05) is 32.7 Å². The number of likely N-dealkylation sites (tertiary alicyclic amines) is 1. The second-order valence-corrected chi connectivity index (χ2v) is 4.98. The predicted octanol–water partition coefficient (Wildman–Crippen LogP) is 2.85. The fourth-order valence-electron chi connectivity index (χ4n) is 1.89. The Balaban J connectivity index is 0.000000360. The summed E-state index contributed by atoms with van der Waals surface area (Å²) in [6, 6.07) is 0. The largest absolute Gasteiger partial charge is 0.317 e. The lowest BCUT2D eigenvalue weighted by molar-refractivity contribution is -0.121. The zero-order valence-corrected chi connectivity index (χ0v) is 12.6. The minimum absolute atomic E-state index is 0.442. The van der Waals surface area contributed by atoms with Crippen molar-refractivity contribution >= 4 is 5.78 Å². The lowest BCUT2D eigenvalue weighted by Crippen LogP contribution is -2.34. The maximum atomic E-state index is 10.9. The molecule has 0 aromatic rings. The van der Waals surface area contributed by atoms with Crippen molar-refractivity contribution < 1.29 is 4.79 Å². The molecule has 0 saturated carbocycles. The van der Waals surface area contributed by atoms with E-state index in [1.807, 2.05) is 0 Å². The van der Waals surface area contributed by atoms with Gasteiger partial charge >= 0.3 is 0 Å². The molecule has 0 aliphatic carbocycles. The highest BCUT2D eigenvalue weighted by molar-refractivity contribution is 5.79. The number of carbonyl (C=O) groups excluding carboxylic acids is 1. The van der Waals surface area contributed by atoms with Gasteiger partial charge in [-0.05, 0) is 38.9 Å². The number of hydrogen-bond acceptors (Lipinski definition) is 3. The third kappa shape index (κ3) is 10.7. The smallest absolute Gasteiger partial charge is 0.135 e. The number of carbonyl (C=O) groups is 1. The van der Waals surface area contributed by atoms with Crippen molar-refractivity contribution in [2.24, 2.45) is 0 Å². The number of nitrogens with zero attached hydrogens (tertiary/aromatic N) is 1. The maximum absolute atomic E-state index is 10.9. The van der Waals surface area contributed by atoms with Gasteiger partial charge in [-0.2, -0.15) is 0 Å². The fraction of sp³-hybridized carbons (Fsp3) is 0.933. The van der Waals surface area contributed by atoms with Crippen molar-refractivity contribution in [1.29, 1.82) is 0 Å². The molecule has 3 nitrogen and oxygen atoms in total. The molecule has 0 amide bonds. The molecule has 108 valence electrons. The van der Waals surface area contributed by atoms with Gasteiger partial charge in [0.15, 0.2) is 0 Å². The molecule has 1 fully saturated rings. The molecular weight excluding hydrogens is 224 g/mol. The molecule has 1 aliphatic heterocycles. The molecule has 0 spiro atoms. The molecule has 1 aliphatic rings. The van der Waals surface area contributed by atoms with Crippen LogP contribution < -0.4 is 5.32 Å². The molecule has 18 heavy (non-hydrogen) atoms. The van der Waals surface area contributed by atoms with Crippen molar-refractivity contribution in [2.45, 2.75) is 59.3 Å². The summed E-state index contributed by atoms with van der Waals surface area (Å²) in [6.45, 7) is 12.1. The van der Waals surface area contributed by atoms with Gasteiger partial charge in [-0.25, -0.2) is 0 Å². The Morgan fingerprint density at radius 2 is 1.56 bits per heavy atom. The zero-order chi connectivity index (χ0) is 13.6. The van der Waals surface area contributed by atoms with Gasteiger partial charge in [0.25, 0.3) is 0 Å². The predicted molar refractivity (Wildman–Crippen MR) is 79.0 cm³/mol. The molecule has 3 heteroatoms. The van der Waals surface area contributed by atoms with Crippen LogP contribution in [0.2, 0.25) is 0 Å². The van der Waals surface area contributed by atoms with Gasteiger partial charge in [0, 0.05) is 25.9 Å². The van der Waals surface area contributed by atoms with Crippen LogP contribution in [0.5, 0.6) is 0 Å². The number of ketones is 1. The van der Waals surface area contributed by atoms with Crippen LogP contribution in [0.4, 0.5) is 0 Å². The summed E-state index contributed by atoms with van der Waals surface area (Å²) in [4.78, 5) is 13.2. The van der Waals surface area contributed by atoms with Crippen LogP contribution in [0.15, 0.2) is 0 Å². The first-order valence-electron chi connectivity index (χ1n) is 7.69. The molecular formula is C15H32N2O. The monoisotopic (exact) mass is 256 g/mol. The van der Waals surface area contributed by atoms with E-state index in [0.29, 0.717) is 5.78 Å². The number of nitrogens with one attached hydrogen (secondary N) is 1. The van der Waals surface area contributed by atoms with E-state index in [0.717, 1.165) is 25.9 Å². The highest BCUT2D eigenvalue weighted by atomic mass is 16.1. The summed E-state index contributed by atoms with van der Waals surface area (Å²) < 4.78 is 0. The average molecular weight is 256 g/mol. The second-order valence-electron chi connectivity index (χ2n) is 4.98. The molecule has 0 unspecified atom stereocenters. The molecule has 0 atom stereocenters. The Morgan fingerprint density at radius 3 is 2.00 bits per heavy atom. The second kappa shape index (κ2) is 13.0. The van der Waals surface area contributed by atoms with Gasteiger partial charge in [-0.3, -0.25) is 4.79 Å². The Bertz CT molecular complexity index is 181. The third-order valence-corrected chi connectivity index (χ3v) is 3.10. The number of hydrogen-bond donors (Lipinski definition) is 1. The third-order valence-electron chi connectivity index (χ3n) is 3.10. The quantitative estimate of drug-likeness (QED) is 0.711. The highest BCUT2D eigenvalue weighted by Crippen LogP contribution is 2.06. The molecule has 1 N–H and O–H groups in total. The van der Waals surface area contributed by atoms with Gasteiger partial charge < -0.3 is 10.2 Å². The number of Topliss-reactive ketones (excluding diaryl/α,β-unsaturated/α-hetero) is 1. The first kappa shape index (κ1) is 17.6. The van der Waals surface area contributed by atoms with Crippen LogP contribution in [0.25, 0.3) is 0 Å². The molecule has 0 radical (unpaired) electrons. The van der Waals surface area contributed by atoms with Gasteiger partial charge in [-0.15, -0.1) is 0 Å². The number of rotatable bonds is 7. The maximum Gasteiger partial charge on any atom is 0.135 e. The summed E-state index contributed by atoms with van der Waals surface area (Å²) in [5.41, 5.74) is 0. The van der Waals surface area contributed by atoms with E-state index >= 15 is 0 Å². The van der Waals surface area contributed by atoms with Crippen LogP contribution in [0.1, 0.15) is 59.3 Å². The van der Waals surface area contributed by atoms with E-state index in [1.54, 1.807) is 0 Å². The van der Waals surface area contributed by atoms with Crippen LogP contribution in [0.3, 0.4) is 0 Å². The van der Waals surface area contributed by atoms with Crippen LogP contribution in [0, 0.1) is 0 Å². The van der Waals surface area contributed by atoms with Crippen molar-refractivity contribution in [1.82, 2.24) is 10.2 Å². The van der Waals surface area contributed by atoms with Gasteiger partial charge in [0.1, 0.15) is 5.78 Å². The lowest BCUT2D eigenvalue weighted by atomic mass is 10.1. The minimum Gasteiger partial charge on any atom is -0.317 e. The molecule has 1 rings (SSSR count). The number of unbranched alkanes of at least 4 members (excludes halogenated alkanes) is 1. The van der Waals surface area contributed by atoms with Crippen LogP contribution in [-0.2, 0) is 4.79 Å². The Morgan fingerprint density at radius 1 is 1.00 bits per heavy atom. The molecule has 0 aromatic carbocycles. The van der Waals surface area contributed by atoms with E-state index in [-0.39, 0.29) is 0 Å². The van der Waals surface area contributed by atoms with Crippen LogP contribution in [-0.4, -0.2) is 43.4 Å². The van der Waals surface area contributed by atoms with E-state index in [2.05, 4.69) is 31.0 Å². The molecule has 0 aromatic heterocycles. The number of piperidine rings is 1. The van der Waals surface area contributed by atoms with Crippen molar-refractivity contribution in [3.05, 3.63) is 0 Å². The van der Waals surface area contributed by atoms with Crippen LogP contribution >= 0.6 is 0 Å². The zero-order valence-electron chi connectivity index (χ0n) is 12.6. The normalized spacial score (nSPS) is 16.3. The summed E-state index contributed by atoms with van der Waals surface area (Å²) in [5, 5.41) is 3.28. The standard InChI is InChI=1S/C9H17NO.C6H15N/c1-2-3-6-10-7-4-9(11)5-8-10;1-3-5-7-6-4-2/h2-8H2,1H3;7H,3-6H2,1-2H3. The van der Waals surface area contributed by atoms with E-state index in [9.17, 15) is 4.79 Å². The van der Waals surface area contributed by atoms with E-state index in [4.69, 9.17) is 0 Å². The first-order valence-corrected chi connectivity index (χ1v) is 7.69. The summed E-state index contributed by atoms with van der Waals surface area (Å²) in [7, 11) is 0. The summed E-state index contributed by atoms with van der Waals surface area (Å²) in [6.07, 6.45) is 6.59. The Labute approximate surface area is 113 Å². The average Bonchev–Trinajstić information content (AvgIpc) is 2.40. The SMILES string of the molecule is CCCCN1CCC(=O)CC1.CCCNCCC. The highest BCUT2D eigenvalue weighted by Gasteiger charge is 2.14. The molecule has 0 bridgehead atoms. The van der Waals surface area contributed by atoms with E-state index < -0.39 is 0 Å². The fourth-order valence-corrected chi connectivity index (χ4v) is 1.89. The first-order chi connectivity index (χ1) is 8.74.